The first-order valence-electron chi connectivity index (χ1n) is 4.93. The second-order valence-corrected chi connectivity index (χ2v) is 4.75. The van der Waals surface area contributed by atoms with Crippen LogP contribution in [0.2, 0.25) is 0 Å². The highest BCUT2D eigenvalue weighted by molar-refractivity contribution is 9.10. The number of alkyl halides is 1. The van der Waals surface area contributed by atoms with Crippen LogP contribution in [0.3, 0.4) is 0 Å². The summed E-state index contributed by atoms with van der Waals surface area (Å²) in [5, 5.41) is 0. The van der Waals surface area contributed by atoms with Gasteiger partial charge < -0.3 is 0 Å². The molecule has 0 amide bonds. The van der Waals surface area contributed by atoms with Crippen molar-refractivity contribution in [2.75, 3.05) is 0 Å². The molecule has 1 rings (SSSR count). The van der Waals surface area contributed by atoms with E-state index in [4.69, 9.17) is 0 Å². The SMILES string of the molecule is CCCCCC1CCC(Br)C1=O. The summed E-state index contributed by atoms with van der Waals surface area (Å²) in [5.41, 5.74) is 0. The van der Waals surface area contributed by atoms with Crippen LogP contribution in [0.1, 0.15) is 45.4 Å². The number of carbonyl (C=O) groups excluding carboxylic acids is 1. The maximum Gasteiger partial charge on any atom is 0.149 e. The third-order valence-corrected chi connectivity index (χ3v) is 3.54. The van der Waals surface area contributed by atoms with E-state index < -0.39 is 0 Å². The van der Waals surface area contributed by atoms with Crippen molar-refractivity contribution in [2.24, 2.45) is 5.92 Å². The summed E-state index contributed by atoms with van der Waals surface area (Å²) in [6, 6.07) is 0. The van der Waals surface area contributed by atoms with Gasteiger partial charge in [0.1, 0.15) is 5.78 Å². The molecule has 0 spiro atoms. The molecule has 0 heterocycles. The number of rotatable bonds is 4. The Morgan fingerprint density at radius 3 is 2.67 bits per heavy atom. The lowest BCUT2D eigenvalue weighted by molar-refractivity contribution is -0.120. The number of ketones is 1. The van der Waals surface area contributed by atoms with Crippen molar-refractivity contribution in [1.82, 2.24) is 0 Å². The van der Waals surface area contributed by atoms with Gasteiger partial charge in [0.25, 0.3) is 0 Å². The summed E-state index contributed by atoms with van der Waals surface area (Å²) in [4.78, 5) is 11.6. The van der Waals surface area contributed by atoms with E-state index in [1.165, 1.54) is 19.3 Å². The van der Waals surface area contributed by atoms with E-state index in [1.54, 1.807) is 0 Å². The van der Waals surface area contributed by atoms with Gasteiger partial charge in [-0.3, -0.25) is 4.79 Å². The molecule has 0 bridgehead atoms. The summed E-state index contributed by atoms with van der Waals surface area (Å²) in [5.74, 6) is 0.826. The number of hydrogen-bond donors (Lipinski definition) is 0. The van der Waals surface area contributed by atoms with Crippen LogP contribution in [0.5, 0.6) is 0 Å². The van der Waals surface area contributed by atoms with Crippen molar-refractivity contribution in [2.45, 2.75) is 50.3 Å². The van der Waals surface area contributed by atoms with Gasteiger partial charge in [-0.2, -0.15) is 0 Å². The van der Waals surface area contributed by atoms with Crippen molar-refractivity contribution >= 4 is 21.7 Å². The normalized spacial score (nSPS) is 29.7. The zero-order chi connectivity index (χ0) is 8.97. The zero-order valence-corrected chi connectivity index (χ0v) is 9.27. The standard InChI is InChI=1S/C10H17BrO/c1-2-3-4-5-8-6-7-9(11)10(8)12/h8-9H,2-7H2,1H3. The molecule has 1 nitrogen and oxygen atoms in total. The van der Waals surface area contributed by atoms with Crippen molar-refractivity contribution < 1.29 is 4.79 Å². The molecular formula is C10H17BrO. The Kier molecular flexibility index (Phi) is 4.27. The van der Waals surface area contributed by atoms with Crippen LogP contribution in [0.15, 0.2) is 0 Å². The fraction of sp³-hybridized carbons (Fsp3) is 0.900. The molecule has 1 aliphatic rings. The average molecular weight is 233 g/mol. The van der Waals surface area contributed by atoms with E-state index in [-0.39, 0.29) is 4.83 Å². The lowest BCUT2D eigenvalue weighted by Crippen LogP contribution is -2.13. The smallest absolute Gasteiger partial charge is 0.149 e. The first-order chi connectivity index (χ1) is 5.75. The number of Topliss-reactive ketones (excluding diaryl/α,β-unsaturated/α-hetero) is 1. The molecule has 0 aromatic carbocycles. The molecule has 1 fully saturated rings. The second-order valence-electron chi connectivity index (χ2n) is 3.64. The Labute approximate surface area is 83.0 Å². The molecule has 0 N–H and O–H groups in total. The van der Waals surface area contributed by atoms with Crippen LogP contribution >= 0.6 is 15.9 Å². The molecule has 0 aliphatic heterocycles. The maximum atomic E-state index is 11.5. The van der Waals surface area contributed by atoms with E-state index in [0.29, 0.717) is 11.7 Å². The quantitative estimate of drug-likeness (QED) is 0.537. The Hall–Kier alpha value is 0.150. The van der Waals surface area contributed by atoms with Crippen LogP contribution in [0.4, 0.5) is 0 Å². The second kappa shape index (κ2) is 5.00. The summed E-state index contributed by atoms with van der Waals surface area (Å²) >= 11 is 3.40. The summed E-state index contributed by atoms with van der Waals surface area (Å²) in [6.45, 7) is 2.20. The molecule has 0 aromatic heterocycles. The third kappa shape index (κ3) is 2.58. The average Bonchev–Trinajstić information content (AvgIpc) is 2.36. The van der Waals surface area contributed by atoms with E-state index in [0.717, 1.165) is 19.3 Å². The van der Waals surface area contributed by atoms with E-state index in [2.05, 4.69) is 22.9 Å². The molecule has 2 unspecified atom stereocenters. The Morgan fingerprint density at radius 1 is 1.42 bits per heavy atom. The lowest BCUT2D eigenvalue weighted by Gasteiger charge is -2.06. The van der Waals surface area contributed by atoms with Crippen LogP contribution in [-0.2, 0) is 4.79 Å². The number of unbranched alkanes of at least 4 members (excludes halogenated alkanes) is 2. The van der Waals surface area contributed by atoms with Crippen LogP contribution in [-0.4, -0.2) is 10.6 Å². The lowest BCUT2D eigenvalue weighted by atomic mass is 9.99. The molecule has 70 valence electrons. The van der Waals surface area contributed by atoms with Gasteiger partial charge in [0.05, 0.1) is 4.83 Å². The largest absolute Gasteiger partial charge is 0.298 e. The highest BCUT2D eigenvalue weighted by atomic mass is 79.9. The van der Waals surface area contributed by atoms with Gasteiger partial charge in [0, 0.05) is 5.92 Å². The van der Waals surface area contributed by atoms with Gasteiger partial charge >= 0.3 is 0 Å². The van der Waals surface area contributed by atoms with E-state index >= 15 is 0 Å². The monoisotopic (exact) mass is 232 g/mol. The number of halogens is 1. The van der Waals surface area contributed by atoms with Gasteiger partial charge in [-0.05, 0) is 19.3 Å². The highest BCUT2D eigenvalue weighted by Crippen LogP contribution is 2.30. The van der Waals surface area contributed by atoms with Crippen LogP contribution in [0.25, 0.3) is 0 Å². The van der Waals surface area contributed by atoms with Crippen molar-refractivity contribution in [3.05, 3.63) is 0 Å². The van der Waals surface area contributed by atoms with E-state index in [9.17, 15) is 4.79 Å². The van der Waals surface area contributed by atoms with Gasteiger partial charge in [-0.25, -0.2) is 0 Å². The topological polar surface area (TPSA) is 17.1 Å². The molecule has 0 saturated heterocycles. The molecule has 2 atom stereocenters. The Morgan fingerprint density at radius 2 is 2.17 bits per heavy atom. The van der Waals surface area contributed by atoms with E-state index in [1.807, 2.05) is 0 Å². The minimum Gasteiger partial charge on any atom is -0.298 e. The molecule has 0 radical (unpaired) electrons. The van der Waals surface area contributed by atoms with Gasteiger partial charge in [0.15, 0.2) is 0 Å². The first kappa shape index (κ1) is 10.2. The Bertz CT molecular complexity index is 156. The van der Waals surface area contributed by atoms with Crippen molar-refractivity contribution in [3.8, 4) is 0 Å². The van der Waals surface area contributed by atoms with Crippen LogP contribution < -0.4 is 0 Å². The fourth-order valence-corrected chi connectivity index (χ4v) is 2.45. The predicted molar refractivity (Wildman–Crippen MR) is 54.6 cm³/mol. The molecule has 0 aromatic rings. The molecule has 1 aliphatic carbocycles. The Balaban J connectivity index is 2.20. The summed E-state index contributed by atoms with van der Waals surface area (Å²) < 4.78 is 0. The predicted octanol–water partition coefficient (Wildman–Crippen LogP) is 3.31. The maximum absolute atomic E-state index is 11.5. The van der Waals surface area contributed by atoms with Gasteiger partial charge in [-0.15, -0.1) is 0 Å². The van der Waals surface area contributed by atoms with Crippen molar-refractivity contribution in [3.63, 3.8) is 0 Å². The zero-order valence-electron chi connectivity index (χ0n) is 7.68. The van der Waals surface area contributed by atoms with Crippen molar-refractivity contribution in [1.29, 1.82) is 0 Å². The molecule has 1 saturated carbocycles. The van der Waals surface area contributed by atoms with Crippen LogP contribution in [0, 0.1) is 5.92 Å². The first-order valence-corrected chi connectivity index (χ1v) is 5.85. The fourth-order valence-electron chi connectivity index (χ4n) is 1.82. The number of carbonyl (C=O) groups is 1. The van der Waals surface area contributed by atoms with Gasteiger partial charge in [-0.1, -0.05) is 42.1 Å². The number of hydrogen-bond acceptors (Lipinski definition) is 1. The van der Waals surface area contributed by atoms with Gasteiger partial charge in [0.2, 0.25) is 0 Å². The minimum absolute atomic E-state index is 0.170. The molecule has 12 heavy (non-hydrogen) atoms. The third-order valence-electron chi connectivity index (χ3n) is 2.64. The minimum atomic E-state index is 0.170. The summed E-state index contributed by atoms with van der Waals surface area (Å²) in [6.07, 6.45) is 7.03. The molecular weight excluding hydrogens is 216 g/mol. The highest BCUT2D eigenvalue weighted by Gasteiger charge is 2.31. The molecule has 2 heteroatoms. The summed E-state index contributed by atoms with van der Waals surface area (Å²) in [7, 11) is 0.